The lowest BCUT2D eigenvalue weighted by Crippen LogP contribution is -2.23. The monoisotopic (exact) mass is 323 g/mol. The van der Waals surface area contributed by atoms with E-state index in [1.807, 2.05) is 25.1 Å². The van der Waals surface area contributed by atoms with E-state index < -0.39 is 0 Å². The third-order valence-corrected chi connectivity index (χ3v) is 3.00. The summed E-state index contributed by atoms with van der Waals surface area (Å²) in [5.74, 6) is 1.48. The quantitative estimate of drug-likeness (QED) is 0.299. The maximum Gasteiger partial charge on any atom is 0.184 e. The highest BCUT2D eigenvalue weighted by molar-refractivity contribution is 7.80. The Morgan fingerprint density at radius 2 is 2.05 bits per heavy atom. The molecule has 0 saturated carbocycles. The molecule has 1 aromatic rings. The van der Waals surface area contributed by atoms with E-state index in [2.05, 4.69) is 29.7 Å². The molecule has 6 heteroatoms. The van der Waals surface area contributed by atoms with Gasteiger partial charge in [-0.3, -0.25) is 5.43 Å². The first-order chi connectivity index (χ1) is 10.7. The third-order valence-electron chi connectivity index (χ3n) is 2.91. The molecule has 0 spiro atoms. The molecule has 0 aliphatic carbocycles. The number of unbranched alkanes of at least 4 members (excludes halogenated alkanes) is 3. The summed E-state index contributed by atoms with van der Waals surface area (Å²) >= 11 is 4.69. The van der Waals surface area contributed by atoms with Crippen molar-refractivity contribution < 1.29 is 9.47 Å². The number of benzene rings is 1. The van der Waals surface area contributed by atoms with Gasteiger partial charge in [-0.05, 0) is 49.3 Å². The van der Waals surface area contributed by atoms with Gasteiger partial charge in [-0.15, -0.1) is 0 Å². The number of ether oxygens (including phenoxy) is 2. The minimum absolute atomic E-state index is 0.133. The Balaban J connectivity index is 2.64. The van der Waals surface area contributed by atoms with Crippen molar-refractivity contribution in [3.8, 4) is 11.5 Å². The molecular weight excluding hydrogens is 298 g/mol. The van der Waals surface area contributed by atoms with Crippen LogP contribution in [-0.2, 0) is 0 Å². The number of nitrogens with one attached hydrogen (secondary N) is 1. The summed E-state index contributed by atoms with van der Waals surface area (Å²) in [6, 6.07) is 5.69. The van der Waals surface area contributed by atoms with E-state index in [-0.39, 0.29) is 5.11 Å². The summed E-state index contributed by atoms with van der Waals surface area (Å²) in [6.07, 6.45) is 6.34. The number of rotatable bonds is 10. The highest BCUT2D eigenvalue weighted by Crippen LogP contribution is 2.28. The van der Waals surface area contributed by atoms with Crippen molar-refractivity contribution in [1.82, 2.24) is 5.43 Å². The van der Waals surface area contributed by atoms with E-state index in [1.165, 1.54) is 19.3 Å². The SMILES string of the molecule is CCCCCCOc1ccc(/C=N/NC(N)=S)cc1OCC. The summed E-state index contributed by atoms with van der Waals surface area (Å²) in [7, 11) is 0. The van der Waals surface area contributed by atoms with Gasteiger partial charge >= 0.3 is 0 Å². The Labute approximate surface area is 137 Å². The zero-order valence-electron chi connectivity index (χ0n) is 13.3. The summed E-state index contributed by atoms with van der Waals surface area (Å²) in [6.45, 7) is 5.43. The van der Waals surface area contributed by atoms with Crippen molar-refractivity contribution in [2.45, 2.75) is 39.5 Å². The minimum Gasteiger partial charge on any atom is -0.490 e. The number of nitrogens with zero attached hydrogens (tertiary/aromatic N) is 1. The maximum atomic E-state index is 5.81. The summed E-state index contributed by atoms with van der Waals surface area (Å²) in [5, 5.41) is 4.06. The lowest BCUT2D eigenvalue weighted by molar-refractivity contribution is 0.270. The number of nitrogens with two attached hydrogens (primary N) is 1. The van der Waals surface area contributed by atoms with Crippen molar-refractivity contribution in [2.75, 3.05) is 13.2 Å². The van der Waals surface area contributed by atoms with Gasteiger partial charge in [0.25, 0.3) is 0 Å². The number of hydrogen-bond acceptors (Lipinski definition) is 4. The summed E-state index contributed by atoms with van der Waals surface area (Å²) in [5.41, 5.74) is 8.71. The fourth-order valence-electron chi connectivity index (χ4n) is 1.87. The molecule has 3 N–H and O–H groups in total. The van der Waals surface area contributed by atoms with Crippen LogP contribution in [0.15, 0.2) is 23.3 Å². The molecule has 0 aromatic heterocycles. The molecule has 0 heterocycles. The highest BCUT2D eigenvalue weighted by Gasteiger charge is 2.05. The average molecular weight is 323 g/mol. The zero-order chi connectivity index (χ0) is 16.2. The molecule has 5 nitrogen and oxygen atoms in total. The Morgan fingerprint density at radius 3 is 2.73 bits per heavy atom. The van der Waals surface area contributed by atoms with E-state index >= 15 is 0 Å². The molecule has 0 aliphatic rings. The molecule has 22 heavy (non-hydrogen) atoms. The minimum atomic E-state index is 0.133. The van der Waals surface area contributed by atoms with E-state index in [0.717, 1.165) is 23.5 Å². The maximum absolute atomic E-state index is 5.81. The first kappa shape index (κ1) is 18.2. The lowest BCUT2D eigenvalue weighted by Gasteiger charge is -2.12. The smallest absolute Gasteiger partial charge is 0.184 e. The van der Waals surface area contributed by atoms with Crippen LogP contribution < -0.4 is 20.6 Å². The Morgan fingerprint density at radius 1 is 1.23 bits per heavy atom. The molecule has 0 radical (unpaired) electrons. The van der Waals surface area contributed by atoms with Crippen LogP contribution in [-0.4, -0.2) is 24.5 Å². The van der Waals surface area contributed by atoms with Gasteiger partial charge in [-0.2, -0.15) is 5.10 Å². The van der Waals surface area contributed by atoms with E-state index in [0.29, 0.717) is 13.2 Å². The standard InChI is InChI=1S/C16H25N3O2S/c1-3-5-6-7-10-21-14-9-8-13(11-15(14)20-4-2)12-18-19-16(17)22/h8-9,11-12H,3-7,10H2,1-2H3,(H3,17,19,22)/b18-12+. The van der Waals surface area contributed by atoms with Crippen LogP contribution in [0.25, 0.3) is 0 Å². The van der Waals surface area contributed by atoms with Crippen LogP contribution in [0.2, 0.25) is 0 Å². The van der Waals surface area contributed by atoms with Crippen LogP contribution in [0.1, 0.15) is 45.1 Å². The molecule has 0 unspecified atom stereocenters. The van der Waals surface area contributed by atoms with Gasteiger partial charge in [0, 0.05) is 0 Å². The van der Waals surface area contributed by atoms with Gasteiger partial charge in [-0.25, -0.2) is 0 Å². The first-order valence-corrected chi connectivity index (χ1v) is 8.06. The van der Waals surface area contributed by atoms with Crippen molar-refractivity contribution in [3.05, 3.63) is 23.8 Å². The van der Waals surface area contributed by atoms with Crippen LogP contribution >= 0.6 is 12.2 Å². The molecule has 1 aromatic carbocycles. The molecule has 0 aliphatic heterocycles. The molecule has 122 valence electrons. The number of hydrogen-bond donors (Lipinski definition) is 2. The summed E-state index contributed by atoms with van der Waals surface area (Å²) in [4.78, 5) is 0. The average Bonchev–Trinajstić information content (AvgIpc) is 2.49. The molecule has 0 fully saturated rings. The molecule has 0 bridgehead atoms. The van der Waals surface area contributed by atoms with Crippen molar-refractivity contribution in [1.29, 1.82) is 0 Å². The van der Waals surface area contributed by atoms with Gasteiger partial charge in [0.1, 0.15) is 0 Å². The third kappa shape index (κ3) is 7.26. The Hall–Kier alpha value is -1.82. The van der Waals surface area contributed by atoms with E-state index in [1.54, 1.807) is 6.21 Å². The molecule has 0 atom stereocenters. The van der Waals surface area contributed by atoms with Crippen LogP contribution in [0.5, 0.6) is 11.5 Å². The van der Waals surface area contributed by atoms with E-state index in [9.17, 15) is 0 Å². The number of hydrazone groups is 1. The predicted molar refractivity (Wildman–Crippen MR) is 94.8 cm³/mol. The van der Waals surface area contributed by atoms with Gasteiger partial charge in [0.2, 0.25) is 0 Å². The van der Waals surface area contributed by atoms with Crippen molar-refractivity contribution >= 4 is 23.5 Å². The Bertz CT molecular complexity index is 492. The molecular formula is C16H25N3O2S. The first-order valence-electron chi connectivity index (χ1n) is 7.65. The van der Waals surface area contributed by atoms with Gasteiger partial charge in [-0.1, -0.05) is 26.2 Å². The van der Waals surface area contributed by atoms with Crippen molar-refractivity contribution in [3.63, 3.8) is 0 Å². The van der Waals surface area contributed by atoms with Gasteiger partial charge < -0.3 is 15.2 Å². The van der Waals surface area contributed by atoms with Crippen LogP contribution in [0, 0.1) is 0 Å². The summed E-state index contributed by atoms with van der Waals surface area (Å²) < 4.78 is 11.4. The molecule has 1 rings (SSSR count). The fraction of sp³-hybridized carbons (Fsp3) is 0.500. The van der Waals surface area contributed by atoms with Crippen molar-refractivity contribution in [2.24, 2.45) is 10.8 Å². The second-order valence-corrected chi connectivity index (χ2v) is 5.22. The predicted octanol–water partition coefficient (Wildman–Crippen LogP) is 3.21. The topological polar surface area (TPSA) is 68.9 Å². The van der Waals surface area contributed by atoms with Crippen LogP contribution in [0.4, 0.5) is 0 Å². The van der Waals surface area contributed by atoms with Gasteiger partial charge in [0.15, 0.2) is 16.6 Å². The zero-order valence-corrected chi connectivity index (χ0v) is 14.1. The lowest BCUT2D eigenvalue weighted by atomic mass is 10.2. The largest absolute Gasteiger partial charge is 0.490 e. The fourth-order valence-corrected chi connectivity index (χ4v) is 1.93. The second kappa shape index (κ2) is 10.8. The second-order valence-electron chi connectivity index (χ2n) is 4.78. The highest BCUT2D eigenvalue weighted by atomic mass is 32.1. The number of thiocarbonyl (C=S) groups is 1. The van der Waals surface area contributed by atoms with Crippen LogP contribution in [0.3, 0.4) is 0 Å². The molecule has 0 saturated heterocycles. The Kier molecular flexibility index (Phi) is 8.98. The van der Waals surface area contributed by atoms with E-state index in [4.69, 9.17) is 15.2 Å². The normalized spacial score (nSPS) is 10.6. The molecule has 0 amide bonds. The van der Waals surface area contributed by atoms with Gasteiger partial charge in [0.05, 0.1) is 19.4 Å².